The van der Waals surface area contributed by atoms with Crippen LogP contribution in [0.4, 0.5) is 0 Å². The van der Waals surface area contributed by atoms with Crippen LogP contribution in [-0.2, 0) is 21.2 Å². The molecule has 6 nitrogen and oxygen atoms in total. The molecular weight excluding hydrogens is 364 g/mol. The van der Waals surface area contributed by atoms with Crippen molar-refractivity contribution in [2.75, 3.05) is 0 Å². The maximum atomic E-state index is 10.8. The summed E-state index contributed by atoms with van der Waals surface area (Å²) in [6.45, 7) is 0.592. The van der Waals surface area contributed by atoms with E-state index in [-0.39, 0.29) is 0 Å². The molecule has 0 spiro atoms. The van der Waals surface area contributed by atoms with Gasteiger partial charge in [-0.3, -0.25) is 4.55 Å². The second kappa shape index (κ2) is 5.87. The number of hydrogen-bond acceptors (Lipinski definition) is 4. The Morgan fingerprint density at radius 1 is 1.16 bits per heavy atom. The summed E-state index contributed by atoms with van der Waals surface area (Å²) < 4.78 is 36.7. The second-order valence-electron chi connectivity index (χ2n) is 5.69. The molecule has 0 saturated heterocycles. The van der Waals surface area contributed by atoms with Gasteiger partial charge in [0.2, 0.25) is 0 Å². The molecule has 0 amide bonds. The van der Waals surface area contributed by atoms with Crippen LogP contribution in [0.1, 0.15) is 12.0 Å². The predicted molar refractivity (Wildman–Crippen MR) is 96.2 cm³/mol. The lowest BCUT2D eigenvalue weighted by Crippen LogP contribution is -2.17. The minimum atomic E-state index is -4.64. The van der Waals surface area contributed by atoms with Crippen LogP contribution in [0.3, 0.4) is 0 Å². The van der Waals surface area contributed by atoms with Crippen molar-refractivity contribution in [3.8, 4) is 11.3 Å². The van der Waals surface area contributed by atoms with Crippen LogP contribution >= 0.6 is 11.6 Å². The molecule has 3 aromatic rings. The molecule has 1 N–H and O–H groups in total. The molecule has 0 radical (unpaired) electrons. The van der Waals surface area contributed by atoms with Crippen LogP contribution in [0.5, 0.6) is 0 Å². The zero-order chi connectivity index (χ0) is 17.6. The molecule has 1 aromatic heterocycles. The molecule has 25 heavy (non-hydrogen) atoms. The number of aromatic nitrogens is 1. The molecular formula is C17H13ClN2O4S. The smallest absolute Gasteiger partial charge is 0.340 e. The fourth-order valence-electron chi connectivity index (χ4n) is 3.20. The molecule has 4 rings (SSSR count). The van der Waals surface area contributed by atoms with Crippen molar-refractivity contribution in [1.29, 1.82) is 0 Å². The van der Waals surface area contributed by atoms with Crippen LogP contribution < -0.4 is 0 Å². The van der Waals surface area contributed by atoms with E-state index in [2.05, 4.69) is 14.0 Å². The van der Waals surface area contributed by atoms with Gasteiger partial charge in [0.05, 0.1) is 16.3 Å². The third-order valence-corrected chi connectivity index (χ3v) is 4.79. The first kappa shape index (κ1) is 16.1. The second-order valence-corrected chi connectivity index (χ2v) is 7.11. The molecule has 0 unspecified atom stereocenters. The maximum absolute atomic E-state index is 10.8. The lowest BCUT2D eigenvalue weighted by atomic mass is 10.0. The van der Waals surface area contributed by atoms with Gasteiger partial charge < -0.3 is 4.57 Å². The zero-order valence-electron chi connectivity index (χ0n) is 12.9. The highest BCUT2D eigenvalue weighted by atomic mass is 35.5. The summed E-state index contributed by atoms with van der Waals surface area (Å²) in [5.74, 6) is 0. The van der Waals surface area contributed by atoms with E-state index in [1.165, 1.54) is 0 Å². The summed E-state index contributed by atoms with van der Waals surface area (Å²) in [6, 6.07) is 15.5. The number of rotatable bonds is 3. The van der Waals surface area contributed by atoms with Crippen molar-refractivity contribution >= 4 is 38.6 Å². The average Bonchev–Trinajstić information content (AvgIpc) is 2.98. The molecule has 8 heteroatoms. The molecule has 1 aliphatic heterocycles. The quantitative estimate of drug-likeness (QED) is 0.555. The van der Waals surface area contributed by atoms with E-state index in [0.717, 1.165) is 27.7 Å². The van der Waals surface area contributed by atoms with E-state index < -0.39 is 10.4 Å². The number of halogens is 1. The summed E-state index contributed by atoms with van der Waals surface area (Å²) in [5, 5.41) is 5.07. The normalized spacial score (nSPS) is 15.7. The maximum Gasteiger partial charge on any atom is 0.466 e. The zero-order valence-corrected chi connectivity index (χ0v) is 14.5. The Bertz CT molecular complexity index is 1100. The first-order valence-electron chi connectivity index (χ1n) is 7.54. The molecule has 0 bridgehead atoms. The van der Waals surface area contributed by atoms with Gasteiger partial charge in [0, 0.05) is 29.6 Å². The van der Waals surface area contributed by atoms with Crippen molar-refractivity contribution in [2.45, 2.75) is 13.0 Å². The highest BCUT2D eigenvalue weighted by molar-refractivity contribution is 7.80. The van der Waals surface area contributed by atoms with Gasteiger partial charge in [-0.1, -0.05) is 47.1 Å². The van der Waals surface area contributed by atoms with Crippen molar-refractivity contribution in [1.82, 2.24) is 4.57 Å². The van der Waals surface area contributed by atoms with Gasteiger partial charge in [0.1, 0.15) is 0 Å². The van der Waals surface area contributed by atoms with Crippen LogP contribution in [-0.4, -0.2) is 23.2 Å². The highest BCUT2D eigenvalue weighted by Crippen LogP contribution is 2.37. The Morgan fingerprint density at radius 2 is 1.92 bits per heavy atom. The number of aryl methyl sites for hydroxylation is 1. The molecule has 0 atom stereocenters. The lowest BCUT2D eigenvalue weighted by molar-refractivity contribution is 0.281. The van der Waals surface area contributed by atoms with Gasteiger partial charge in [-0.15, -0.1) is 0 Å². The largest absolute Gasteiger partial charge is 0.466 e. The summed E-state index contributed by atoms with van der Waals surface area (Å²) in [5.41, 5.74) is 4.14. The van der Waals surface area contributed by atoms with Crippen LogP contribution in [0.15, 0.2) is 53.7 Å². The monoisotopic (exact) mass is 376 g/mol. The minimum absolute atomic E-state index is 0.449. The number of oxime groups is 1. The summed E-state index contributed by atoms with van der Waals surface area (Å²) >= 11 is 6.36. The number of nitrogens with zero attached hydrogens (tertiary/aromatic N) is 2. The van der Waals surface area contributed by atoms with E-state index in [9.17, 15) is 8.42 Å². The van der Waals surface area contributed by atoms with E-state index in [4.69, 9.17) is 16.2 Å². The first-order chi connectivity index (χ1) is 11.9. The van der Waals surface area contributed by atoms with Gasteiger partial charge in [0.25, 0.3) is 0 Å². The molecule has 1 aliphatic rings. The Hall–Kier alpha value is -2.35. The van der Waals surface area contributed by atoms with Gasteiger partial charge in [-0.2, -0.15) is 8.42 Å². The topological polar surface area (TPSA) is 80.9 Å². The molecule has 0 saturated carbocycles. The van der Waals surface area contributed by atoms with Gasteiger partial charge in [-0.25, -0.2) is 4.28 Å². The standard InChI is InChI=1S/C17H13ClN2O4S/c18-14-7-6-12-15(19-24-25(21,22)23)8-9-20-16(10-13(14)17(12)20)11-4-2-1-3-5-11/h1-7,10H,8-9H2,(H,21,22,23)/b19-15+. The van der Waals surface area contributed by atoms with Gasteiger partial charge in [0.15, 0.2) is 0 Å². The minimum Gasteiger partial charge on any atom is -0.340 e. The van der Waals surface area contributed by atoms with Crippen molar-refractivity contribution in [3.05, 3.63) is 59.1 Å². The first-order valence-corrected chi connectivity index (χ1v) is 9.29. The lowest BCUT2D eigenvalue weighted by Gasteiger charge is -2.19. The Labute approximate surface area is 149 Å². The highest BCUT2D eigenvalue weighted by Gasteiger charge is 2.24. The molecule has 2 heterocycles. The summed E-state index contributed by atoms with van der Waals surface area (Å²) in [4.78, 5) is 0. The predicted octanol–water partition coefficient (Wildman–Crippen LogP) is 3.89. The average molecular weight is 377 g/mol. The Balaban J connectivity index is 1.94. The molecule has 2 aromatic carbocycles. The summed E-state index contributed by atoms with van der Waals surface area (Å²) in [7, 11) is -4.64. The van der Waals surface area contributed by atoms with Crippen LogP contribution in [0.25, 0.3) is 22.2 Å². The van der Waals surface area contributed by atoms with Crippen molar-refractivity contribution < 1.29 is 17.3 Å². The van der Waals surface area contributed by atoms with E-state index in [0.29, 0.717) is 23.7 Å². The fraction of sp³-hybridized carbons (Fsp3) is 0.118. The van der Waals surface area contributed by atoms with Gasteiger partial charge in [-0.05, 0) is 23.8 Å². The van der Waals surface area contributed by atoms with E-state index in [1.807, 2.05) is 36.4 Å². The summed E-state index contributed by atoms with van der Waals surface area (Å²) in [6.07, 6.45) is 0.466. The molecule has 128 valence electrons. The molecule has 0 fully saturated rings. The van der Waals surface area contributed by atoms with Crippen LogP contribution in [0, 0.1) is 0 Å². The SMILES string of the molecule is O=S(=O)(O)O/N=C1\CCn2c(-c3ccccc3)cc3c(Cl)ccc1c32. The molecule has 0 aliphatic carbocycles. The van der Waals surface area contributed by atoms with Crippen LogP contribution in [0.2, 0.25) is 5.02 Å². The number of benzene rings is 2. The van der Waals surface area contributed by atoms with Crippen molar-refractivity contribution in [2.24, 2.45) is 5.16 Å². The fourth-order valence-corrected chi connectivity index (χ4v) is 3.59. The van der Waals surface area contributed by atoms with E-state index in [1.54, 1.807) is 12.1 Å². The Morgan fingerprint density at radius 3 is 2.64 bits per heavy atom. The van der Waals surface area contributed by atoms with Gasteiger partial charge >= 0.3 is 10.4 Å². The third-order valence-electron chi connectivity index (χ3n) is 4.20. The third kappa shape index (κ3) is 2.90. The Kier molecular flexibility index (Phi) is 3.79. The number of hydrogen-bond donors (Lipinski definition) is 1. The van der Waals surface area contributed by atoms with E-state index >= 15 is 0 Å². The van der Waals surface area contributed by atoms with Crippen molar-refractivity contribution in [3.63, 3.8) is 0 Å².